The van der Waals surface area contributed by atoms with Gasteiger partial charge in [0.15, 0.2) is 5.78 Å². The van der Waals surface area contributed by atoms with Crippen LogP contribution in [0.4, 0.5) is 5.69 Å². The second kappa shape index (κ2) is 9.22. The quantitative estimate of drug-likeness (QED) is 0.549. The molecule has 35 heavy (non-hydrogen) atoms. The van der Waals surface area contributed by atoms with Gasteiger partial charge in [0.25, 0.3) is 0 Å². The van der Waals surface area contributed by atoms with Gasteiger partial charge in [-0.2, -0.15) is 0 Å². The molecule has 2 atom stereocenters. The zero-order chi connectivity index (χ0) is 24.5. The third-order valence-electron chi connectivity index (χ3n) is 6.87. The molecule has 0 aromatic heterocycles. The number of Topliss-reactive ketones (excluding diaryl/α,β-unsaturated/α-hetero) is 1. The number of ketones is 1. The van der Waals surface area contributed by atoms with Gasteiger partial charge in [0.2, 0.25) is 5.91 Å². The molecule has 2 aliphatic rings. The number of anilines is 1. The summed E-state index contributed by atoms with van der Waals surface area (Å²) >= 11 is 0. The Morgan fingerprint density at radius 2 is 1.63 bits per heavy atom. The Balaban J connectivity index is 1.65. The Morgan fingerprint density at radius 3 is 2.31 bits per heavy atom. The number of hydrogen-bond acceptors (Lipinski definition) is 4. The monoisotopic (exact) mass is 467 g/mol. The number of amides is 1. The number of rotatable bonds is 5. The van der Waals surface area contributed by atoms with E-state index in [0.29, 0.717) is 35.5 Å². The van der Waals surface area contributed by atoms with Gasteiger partial charge in [-0.3, -0.25) is 14.5 Å². The number of benzene rings is 3. The predicted molar refractivity (Wildman–Crippen MR) is 132 cm³/mol. The van der Waals surface area contributed by atoms with E-state index in [2.05, 4.69) is 0 Å². The summed E-state index contributed by atoms with van der Waals surface area (Å²) in [6, 6.07) is 23.7. The number of methoxy groups -OCH3 is 1. The molecule has 176 valence electrons. The van der Waals surface area contributed by atoms with Crippen molar-refractivity contribution >= 4 is 23.3 Å². The Bertz CT molecular complexity index is 1330. The summed E-state index contributed by atoms with van der Waals surface area (Å²) in [6.07, 6.45) is 1.01. The summed E-state index contributed by atoms with van der Waals surface area (Å²) in [6.45, 7) is 0. The molecule has 5 rings (SSSR count). The average Bonchev–Trinajstić information content (AvgIpc) is 2.88. The summed E-state index contributed by atoms with van der Waals surface area (Å²) in [5.41, 5.74) is 3.80. The molecular formula is C29H25NO5. The molecule has 0 fully saturated rings. The number of allylic oxidation sites excluding steroid dienone is 2. The molecule has 1 amide bonds. The molecule has 0 radical (unpaired) electrons. The van der Waals surface area contributed by atoms with E-state index < -0.39 is 5.97 Å². The van der Waals surface area contributed by atoms with Crippen molar-refractivity contribution in [1.29, 1.82) is 0 Å². The van der Waals surface area contributed by atoms with Gasteiger partial charge in [0.05, 0.1) is 12.7 Å². The highest BCUT2D eigenvalue weighted by atomic mass is 16.5. The number of carbonyl (C=O) groups is 3. The molecule has 0 saturated heterocycles. The number of ether oxygens (including phenoxy) is 1. The normalized spacial score (nSPS) is 20.0. The van der Waals surface area contributed by atoms with E-state index in [0.717, 1.165) is 11.1 Å². The van der Waals surface area contributed by atoms with Crippen LogP contribution in [0.15, 0.2) is 90.1 Å². The number of carboxylic acids is 1. The van der Waals surface area contributed by atoms with Gasteiger partial charge in [0.1, 0.15) is 5.75 Å². The molecule has 1 N–H and O–H groups in total. The van der Waals surface area contributed by atoms with Crippen molar-refractivity contribution in [2.24, 2.45) is 0 Å². The average molecular weight is 468 g/mol. The lowest BCUT2D eigenvalue weighted by Crippen LogP contribution is -2.41. The van der Waals surface area contributed by atoms with Crippen LogP contribution in [0, 0.1) is 0 Å². The number of nitrogens with zero attached hydrogens (tertiary/aromatic N) is 1. The second-order valence-corrected chi connectivity index (χ2v) is 8.91. The van der Waals surface area contributed by atoms with Crippen LogP contribution >= 0.6 is 0 Å². The number of carbonyl (C=O) groups excluding carboxylic acids is 2. The Kier molecular flexibility index (Phi) is 5.95. The first-order valence-electron chi connectivity index (χ1n) is 11.6. The Morgan fingerprint density at radius 1 is 0.886 bits per heavy atom. The maximum Gasteiger partial charge on any atom is 0.335 e. The molecule has 2 unspecified atom stereocenters. The minimum Gasteiger partial charge on any atom is -0.497 e. The highest BCUT2D eigenvalue weighted by Crippen LogP contribution is 2.47. The van der Waals surface area contributed by atoms with Crippen molar-refractivity contribution in [2.75, 3.05) is 12.0 Å². The fourth-order valence-electron chi connectivity index (χ4n) is 5.20. The lowest BCUT2D eigenvalue weighted by Gasteiger charge is -2.40. The van der Waals surface area contributed by atoms with Gasteiger partial charge < -0.3 is 9.84 Å². The largest absolute Gasteiger partial charge is 0.497 e. The van der Waals surface area contributed by atoms with E-state index in [9.17, 15) is 19.5 Å². The molecule has 1 aliphatic carbocycles. The van der Waals surface area contributed by atoms with E-state index in [1.54, 1.807) is 24.1 Å². The van der Waals surface area contributed by atoms with Crippen LogP contribution in [-0.2, 0) is 9.59 Å². The lowest BCUT2D eigenvalue weighted by molar-refractivity contribution is -0.120. The summed E-state index contributed by atoms with van der Waals surface area (Å²) < 4.78 is 5.27. The van der Waals surface area contributed by atoms with Crippen molar-refractivity contribution in [2.45, 2.75) is 31.1 Å². The molecular weight excluding hydrogens is 442 g/mol. The van der Waals surface area contributed by atoms with E-state index in [1.165, 1.54) is 12.1 Å². The number of carboxylic acid groups (broad SMARTS) is 1. The molecule has 0 spiro atoms. The van der Waals surface area contributed by atoms with E-state index in [1.807, 2.05) is 54.6 Å². The van der Waals surface area contributed by atoms with Gasteiger partial charge in [-0.25, -0.2) is 4.79 Å². The first-order chi connectivity index (χ1) is 17.0. The maximum absolute atomic E-state index is 13.7. The predicted octanol–water partition coefficient (Wildman–Crippen LogP) is 5.31. The molecule has 1 heterocycles. The van der Waals surface area contributed by atoms with Crippen LogP contribution in [-0.4, -0.2) is 29.9 Å². The summed E-state index contributed by atoms with van der Waals surface area (Å²) in [5, 5.41) is 9.49. The highest BCUT2D eigenvalue weighted by molar-refractivity contribution is 6.08. The number of hydrogen-bond donors (Lipinski definition) is 1. The van der Waals surface area contributed by atoms with Gasteiger partial charge in [-0.05, 0) is 53.8 Å². The van der Waals surface area contributed by atoms with Crippen LogP contribution in [0.3, 0.4) is 0 Å². The molecule has 3 aromatic rings. The smallest absolute Gasteiger partial charge is 0.335 e. The van der Waals surface area contributed by atoms with E-state index in [4.69, 9.17) is 4.74 Å². The van der Waals surface area contributed by atoms with Crippen molar-refractivity contribution in [3.8, 4) is 5.75 Å². The first kappa shape index (κ1) is 22.6. The van der Waals surface area contributed by atoms with Gasteiger partial charge in [0, 0.05) is 35.7 Å². The molecule has 0 saturated carbocycles. The zero-order valence-corrected chi connectivity index (χ0v) is 19.3. The van der Waals surface area contributed by atoms with Gasteiger partial charge >= 0.3 is 5.97 Å². The van der Waals surface area contributed by atoms with Crippen molar-refractivity contribution in [3.63, 3.8) is 0 Å². The standard InChI is InChI=1S/C29H25NO5/c1-35-23-12-10-19(11-13-23)24-17-27(32)30(22-9-5-8-20(14-22)29(33)34)25-15-21(16-26(31)28(24)25)18-6-3-2-4-7-18/h2-14,21,24H,15-17H2,1H3,(H,33,34). The zero-order valence-electron chi connectivity index (χ0n) is 19.3. The third kappa shape index (κ3) is 4.23. The molecule has 6 nitrogen and oxygen atoms in total. The maximum atomic E-state index is 13.7. The number of aromatic carboxylic acids is 1. The van der Waals surface area contributed by atoms with Gasteiger partial charge in [-0.15, -0.1) is 0 Å². The molecule has 6 heteroatoms. The van der Waals surface area contributed by atoms with Crippen LogP contribution in [0.1, 0.15) is 52.6 Å². The van der Waals surface area contributed by atoms with Crippen molar-refractivity contribution in [1.82, 2.24) is 0 Å². The Labute approximate surface area is 203 Å². The minimum atomic E-state index is -1.07. The fraction of sp³-hybridized carbons (Fsp3) is 0.207. The Hall–Kier alpha value is -4.19. The van der Waals surface area contributed by atoms with Crippen molar-refractivity contribution in [3.05, 3.63) is 107 Å². The topological polar surface area (TPSA) is 83.9 Å². The van der Waals surface area contributed by atoms with Crippen molar-refractivity contribution < 1.29 is 24.2 Å². The van der Waals surface area contributed by atoms with Crippen LogP contribution < -0.4 is 9.64 Å². The first-order valence-corrected chi connectivity index (χ1v) is 11.6. The van der Waals surface area contributed by atoms with Crippen LogP contribution in [0.2, 0.25) is 0 Å². The molecule has 1 aliphatic heterocycles. The summed E-state index contributed by atoms with van der Waals surface area (Å²) in [5.74, 6) is -0.914. The fourth-order valence-corrected chi connectivity index (χ4v) is 5.20. The molecule has 0 bridgehead atoms. The summed E-state index contributed by atoms with van der Waals surface area (Å²) in [4.78, 5) is 40.4. The third-order valence-corrected chi connectivity index (χ3v) is 6.87. The van der Waals surface area contributed by atoms with Gasteiger partial charge in [-0.1, -0.05) is 48.5 Å². The van der Waals surface area contributed by atoms with E-state index in [-0.39, 0.29) is 35.5 Å². The SMILES string of the molecule is COc1ccc(C2CC(=O)N(c3cccc(C(=O)O)c3)C3=C2C(=O)CC(c2ccccc2)C3)cc1. The van der Waals surface area contributed by atoms with E-state index >= 15 is 0 Å². The van der Waals surface area contributed by atoms with Crippen LogP contribution in [0.5, 0.6) is 5.75 Å². The summed E-state index contributed by atoms with van der Waals surface area (Å²) in [7, 11) is 1.59. The molecule has 3 aromatic carbocycles. The van der Waals surface area contributed by atoms with Crippen LogP contribution in [0.25, 0.3) is 0 Å². The minimum absolute atomic E-state index is 0.0211. The highest BCUT2D eigenvalue weighted by Gasteiger charge is 2.42. The second-order valence-electron chi connectivity index (χ2n) is 8.91. The lowest BCUT2D eigenvalue weighted by atomic mass is 9.72.